The number of halogens is 1. The van der Waals surface area contributed by atoms with E-state index in [1.165, 1.54) is 21.9 Å². The van der Waals surface area contributed by atoms with Gasteiger partial charge in [-0.2, -0.15) is 5.10 Å². The van der Waals surface area contributed by atoms with Crippen molar-refractivity contribution >= 4 is 17.7 Å². The number of amides is 2. The fourth-order valence-electron chi connectivity index (χ4n) is 3.34. The number of aliphatic carboxylic acids is 1. The largest absolute Gasteiger partial charge is 0.480 e. The maximum absolute atomic E-state index is 13.4. The Balaban J connectivity index is 1.59. The maximum Gasteiger partial charge on any atom is 0.328 e. The highest BCUT2D eigenvalue weighted by Gasteiger charge is 2.42. The van der Waals surface area contributed by atoms with Gasteiger partial charge in [0.05, 0.1) is 12.7 Å². The standard InChI is InChI=1S/C20H17FN4O3/c21-16-3-1-2-13(8-16)11-24-12-18(19(26)27)25(20(24)28)17-6-4-14(5-7-17)15-9-22-23-10-15/h1-10,18H,11-12H2,(H,22,23)(H,26,27). The van der Waals surface area contributed by atoms with E-state index in [0.29, 0.717) is 11.3 Å². The molecule has 4 rings (SSSR count). The van der Waals surface area contributed by atoms with Crippen molar-refractivity contribution in [3.63, 3.8) is 0 Å². The number of benzene rings is 2. The summed E-state index contributed by atoms with van der Waals surface area (Å²) in [7, 11) is 0. The molecule has 142 valence electrons. The van der Waals surface area contributed by atoms with Gasteiger partial charge in [-0.25, -0.2) is 14.0 Å². The smallest absolute Gasteiger partial charge is 0.328 e. The van der Waals surface area contributed by atoms with Gasteiger partial charge in [0.25, 0.3) is 0 Å². The molecule has 3 aromatic rings. The van der Waals surface area contributed by atoms with E-state index in [9.17, 15) is 19.1 Å². The molecular weight excluding hydrogens is 363 g/mol. The number of anilines is 1. The van der Waals surface area contributed by atoms with E-state index in [1.54, 1.807) is 36.7 Å². The lowest BCUT2D eigenvalue weighted by Gasteiger charge is -2.21. The summed E-state index contributed by atoms with van der Waals surface area (Å²) in [5, 5.41) is 16.2. The van der Waals surface area contributed by atoms with Crippen LogP contribution in [0.2, 0.25) is 0 Å². The van der Waals surface area contributed by atoms with Gasteiger partial charge >= 0.3 is 12.0 Å². The number of aromatic amines is 1. The van der Waals surface area contributed by atoms with Gasteiger partial charge in [-0.15, -0.1) is 0 Å². The molecule has 28 heavy (non-hydrogen) atoms. The molecule has 0 saturated carbocycles. The number of hydrogen-bond acceptors (Lipinski definition) is 3. The van der Waals surface area contributed by atoms with Crippen LogP contribution in [0.4, 0.5) is 14.9 Å². The van der Waals surface area contributed by atoms with Crippen molar-refractivity contribution in [2.24, 2.45) is 0 Å². The first-order valence-electron chi connectivity index (χ1n) is 8.67. The highest BCUT2D eigenvalue weighted by molar-refractivity contribution is 6.01. The summed E-state index contributed by atoms with van der Waals surface area (Å²) in [4.78, 5) is 27.3. The molecule has 1 aromatic heterocycles. The molecule has 2 aromatic carbocycles. The molecule has 8 heteroatoms. The van der Waals surface area contributed by atoms with Gasteiger partial charge in [0, 0.05) is 24.0 Å². The molecule has 2 N–H and O–H groups in total. The Labute approximate surface area is 160 Å². The van der Waals surface area contributed by atoms with Crippen LogP contribution in [0.25, 0.3) is 11.1 Å². The lowest BCUT2D eigenvalue weighted by molar-refractivity contribution is -0.138. The topological polar surface area (TPSA) is 89.5 Å². The Morgan fingerprint density at radius 1 is 1.21 bits per heavy atom. The predicted octanol–water partition coefficient (Wildman–Crippen LogP) is 3.11. The molecule has 1 atom stereocenters. The third-order valence-corrected chi connectivity index (χ3v) is 4.71. The summed E-state index contributed by atoms with van der Waals surface area (Å²) < 4.78 is 13.4. The number of carboxylic acids is 1. The normalized spacial score (nSPS) is 16.6. The molecule has 0 aliphatic carbocycles. The summed E-state index contributed by atoms with van der Waals surface area (Å²) in [6, 6.07) is 11.5. The average molecular weight is 380 g/mol. The van der Waals surface area contributed by atoms with Gasteiger partial charge in [-0.05, 0) is 35.4 Å². The molecular formula is C20H17FN4O3. The van der Waals surface area contributed by atoms with Gasteiger partial charge in [-0.3, -0.25) is 10.00 Å². The lowest BCUT2D eigenvalue weighted by atomic mass is 10.1. The monoisotopic (exact) mass is 380 g/mol. The third-order valence-electron chi connectivity index (χ3n) is 4.71. The van der Waals surface area contributed by atoms with Crippen LogP contribution in [-0.4, -0.2) is 44.8 Å². The Morgan fingerprint density at radius 3 is 2.64 bits per heavy atom. The first-order valence-corrected chi connectivity index (χ1v) is 8.67. The molecule has 0 spiro atoms. The second kappa shape index (κ2) is 7.15. The van der Waals surface area contributed by atoms with Crippen molar-refractivity contribution in [2.75, 3.05) is 11.4 Å². The Kier molecular flexibility index (Phi) is 4.52. The maximum atomic E-state index is 13.4. The van der Waals surface area contributed by atoms with Crippen LogP contribution in [0.3, 0.4) is 0 Å². The Hall–Kier alpha value is -3.68. The minimum Gasteiger partial charge on any atom is -0.480 e. The van der Waals surface area contributed by atoms with Crippen molar-refractivity contribution in [1.29, 1.82) is 0 Å². The van der Waals surface area contributed by atoms with Crippen LogP contribution in [0, 0.1) is 5.82 Å². The molecule has 1 unspecified atom stereocenters. The van der Waals surface area contributed by atoms with Crippen LogP contribution < -0.4 is 4.90 Å². The number of rotatable bonds is 5. The van der Waals surface area contributed by atoms with Gasteiger partial charge in [0.15, 0.2) is 6.04 Å². The zero-order valence-corrected chi connectivity index (χ0v) is 14.7. The zero-order chi connectivity index (χ0) is 19.7. The average Bonchev–Trinajstić information content (AvgIpc) is 3.31. The van der Waals surface area contributed by atoms with Crippen LogP contribution in [-0.2, 0) is 11.3 Å². The van der Waals surface area contributed by atoms with E-state index in [-0.39, 0.29) is 13.1 Å². The van der Waals surface area contributed by atoms with E-state index in [0.717, 1.165) is 11.1 Å². The summed E-state index contributed by atoms with van der Waals surface area (Å²) in [6.45, 7) is 0.165. The predicted molar refractivity (Wildman–Crippen MR) is 100 cm³/mol. The number of hydrogen-bond donors (Lipinski definition) is 2. The molecule has 0 bridgehead atoms. The molecule has 0 radical (unpaired) electrons. The SMILES string of the molecule is O=C(O)C1CN(Cc2cccc(F)c2)C(=O)N1c1ccc(-c2cn[nH]c2)cc1. The van der Waals surface area contributed by atoms with Gasteiger partial charge < -0.3 is 10.0 Å². The van der Waals surface area contributed by atoms with E-state index in [1.807, 2.05) is 12.1 Å². The second-order valence-corrected chi connectivity index (χ2v) is 6.55. The summed E-state index contributed by atoms with van der Waals surface area (Å²) >= 11 is 0. The summed E-state index contributed by atoms with van der Waals surface area (Å²) in [6.07, 6.45) is 3.42. The number of urea groups is 1. The number of nitrogens with zero attached hydrogens (tertiary/aromatic N) is 3. The van der Waals surface area contributed by atoms with Gasteiger partial charge in [0.1, 0.15) is 5.82 Å². The molecule has 2 heterocycles. The summed E-state index contributed by atoms with van der Waals surface area (Å²) in [5.74, 6) is -1.49. The van der Waals surface area contributed by atoms with Crippen LogP contribution in [0.15, 0.2) is 60.9 Å². The number of carboxylic acid groups (broad SMARTS) is 1. The molecule has 1 aliphatic rings. The van der Waals surface area contributed by atoms with Gasteiger partial charge in [0.2, 0.25) is 0 Å². The molecule has 2 amide bonds. The quantitative estimate of drug-likeness (QED) is 0.712. The minimum atomic E-state index is -1.09. The number of H-pyrrole nitrogens is 1. The minimum absolute atomic E-state index is 0.0220. The molecule has 1 fully saturated rings. The third kappa shape index (κ3) is 3.32. The van der Waals surface area contributed by atoms with E-state index in [4.69, 9.17) is 0 Å². The van der Waals surface area contributed by atoms with Gasteiger partial charge in [-0.1, -0.05) is 24.3 Å². The van der Waals surface area contributed by atoms with Crippen molar-refractivity contribution in [2.45, 2.75) is 12.6 Å². The fraction of sp³-hybridized carbons (Fsp3) is 0.150. The first kappa shape index (κ1) is 17.7. The van der Waals surface area contributed by atoms with Crippen molar-refractivity contribution in [3.8, 4) is 11.1 Å². The zero-order valence-electron chi connectivity index (χ0n) is 14.7. The first-order chi connectivity index (χ1) is 13.5. The Bertz CT molecular complexity index is 1000. The summed E-state index contributed by atoms with van der Waals surface area (Å²) in [5.41, 5.74) is 2.88. The fourth-order valence-corrected chi connectivity index (χ4v) is 3.34. The highest BCUT2D eigenvalue weighted by Crippen LogP contribution is 2.29. The van der Waals surface area contributed by atoms with Crippen molar-refractivity contribution in [1.82, 2.24) is 15.1 Å². The molecule has 1 aliphatic heterocycles. The van der Waals surface area contributed by atoms with E-state index in [2.05, 4.69) is 10.2 Å². The number of nitrogens with one attached hydrogen (secondary N) is 1. The highest BCUT2D eigenvalue weighted by atomic mass is 19.1. The van der Waals surface area contributed by atoms with Crippen LogP contribution >= 0.6 is 0 Å². The van der Waals surface area contributed by atoms with E-state index < -0.39 is 23.9 Å². The second-order valence-electron chi connectivity index (χ2n) is 6.55. The van der Waals surface area contributed by atoms with Crippen molar-refractivity contribution in [3.05, 3.63) is 72.3 Å². The Morgan fingerprint density at radius 2 is 2.00 bits per heavy atom. The van der Waals surface area contributed by atoms with Crippen LogP contribution in [0.5, 0.6) is 0 Å². The molecule has 1 saturated heterocycles. The number of carbonyl (C=O) groups excluding carboxylic acids is 1. The molecule has 7 nitrogen and oxygen atoms in total. The van der Waals surface area contributed by atoms with Crippen LogP contribution in [0.1, 0.15) is 5.56 Å². The number of aromatic nitrogens is 2. The number of carbonyl (C=O) groups is 2. The van der Waals surface area contributed by atoms with E-state index >= 15 is 0 Å². The lowest BCUT2D eigenvalue weighted by Crippen LogP contribution is -2.39. The van der Waals surface area contributed by atoms with Crippen molar-refractivity contribution < 1.29 is 19.1 Å².